The molecule has 0 radical (unpaired) electrons. The van der Waals surface area contributed by atoms with E-state index >= 15 is 0 Å². The van der Waals surface area contributed by atoms with Gasteiger partial charge in [-0.3, -0.25) is 0 Å². The van der Waals surface area contributed by atoms with Gasteiger partial charge in [-0.25, -0.2) is 0 Å². The molecule has 0 aromatic rings. The smallest absolute Gasteiger partial charge is 0.163 e. The van der Waals surface area contributed by atoms with Crippen molar-refractivity contribution >= 4 is 17.3 Å². The first-order chi connectivity index (χ1) is 4.68. The molecule has 1 saturated carbocycles. The molecule has 0 atom stereocenters. The van der Waals surface area contributed by atoms with Crippen LogP contribution >= 0.6 is 12.2 Å². The van der Waals surface area contributed by atoms with Crippen molar-refractivity contribution in [2.24, 2.45) is 11.1 Å². The van der Waals surface area contributed by atoms with Gasteiger partial charge in [-0.1, -0.05) is 6.92 Å². The highest BCUT2D eigenvalue weighted by atomic mass is 32.1. The van der Waals surface area contributed by atoms with Gasteiger partial charge in [0.15, 0.2) is 5.11 Å². The number of nitrogens with one attached hydrogen (secondary N) is 1. The fourth-order valence-electron chi connectivity index (χ4n) is 1.11. The Balaban J connectivity index is 2.19. The average Bonchev–Trinajstić information content (AvgIpc) is 2.64. The van der Waals surface area contributed by atoms with Crippen molar-refractivity contribution in [3.05, 3.63) is 0 Å². The topological polar surface area (TPSA) is 38.0 Å². The second kappa shape index (κ2) is 2.74. The molecule has 3 N–H and O–H groups in total. The first-order valence-electron chi connectivity index (χ1n) is 3.72. The summed E-state index contributed by atoms with van der Waals surface area (Å²) in [7, 11) is 0. The highest BCUT2D eigenvalue weighted by Crippen LogP contribution is 2.47. The van der Waals surface area contributed by atoms with Crippen LogP contribution in [0.5, 0.6) is 0 Å². The molecule has 1 fully saturated rings. The summed E-state index contributed by atoms with van der Waals surface area (Å²) in [6, 6.07) is 0. The number of rotatable bonds is 3. The van der Waals surface area contributed by atoms with Gasteiger partial charge in [0.2, 0.25) is 0 Å². The van der Waals surface area contributed by atoms with E-state index in [2.05, 4.69) is 12.2 Å². The van der Waals surface area contributed by atoms with E-state index in [0.717, 1.165) is 6.54 Å². The van der Waals surface area contributed by atoms with Gasteiger partial charge in [0, 0.05) is 6.54 Å². The van der Waals surface area contributed by atoms with Crippen molar-refractivity contribution in [3.63, 3.8) is 0 Å². The third-order valence-corrected chi connectivity index (χ3v) is 2.49. The highest BCUT2D eigenvalue weighted by molar-refractivity contribution is 7.80. The molecule has 10 heavy (non-hydrogen) atoms. The van der Waals surface area contributed by atoms with Gasteiger partial charge >= 0.3 is 0 Å². The fourth-order valence-corrected chi connectivity index (χ4v) is 1.18. The first kappa shape index (κ1) is 7.79. The van der Waals surface area contributed by atoms with Gasteiger partial charge in [-0.15, -0.1) is 0 Å². The third kappa shape index (κ3) is 1.84. The van der Waals surface area contributed by atoms with Crippen molar-refractivity contribution < 1.29 is 0 Å². The summed E-state index contributed by atoms with van der Waals surface area (Å²) >= 11 is 4.71. The summed E-state index contributed by atoms with van der Waals surface area (Å²) in [6.45, 7) is 3.19. The van der Waals surface area contributed by atoms with E-state index < -0.39 is 0 Å². The van der Waals surface area contributed by atoms with Gasteiger partial charge in [0.05, 0.1) is 0 Å². The van der Waals surface area contributed by atoms with Gasteiger partial charge in [0.25, 0.3) is 0 Å². The second-order valence-corrected chi connectivity index (χ2v) is 3.51. The van der Waals surface area contributed by atoms with Crippen molar-refractivity contribution in [2.45, 2.75) is 26.2 Å². The summed E-state index contributed by atoms with van der Waals surface area (Å²) < 4.78 is 0. The number of thiocarbonyl (C=S) groups is 1. The Morgan fingerprint density at radius 1 is 1.70 bits per heavy atom. The lowest BCUT2D eigenvalue weighted by atomic mass is 10.0. The summed E-state index contributed by atoms with van der Waals surface area (Å²) in [4.78, 5) is 0. The maximum absolute atomic E-state index is 5.30. The Morgan fingerprint density at radius 3 is 2.60 bits per heavy atom. The van der Waals surface area contributed by atoms with E-state index in [1.807, 2.05) is 0 Å². The van der Waals surface area contributed by atoms with Crippen molar-refractivity contribution in [1.29, 1.82) is 0 Å². The molecule has 0 saturated heterocycles. The van der Waals surface area contributed by atoms with Gasteiger partial charge in [0.1, 0.15) is 0 Å². The lowest BCUT2D eigenvalue weighted by Gasteiger charge is -2.12. The normalized spacial score (nSPS) is 20.1. The molecule has 0 amide bonds. The minimum atomic E-state index is 0.430. The summed E-state index contributed by atoms with van der Waals surface area (Å²) in [5.74, 6) is 0. The molecule has 1 rings (SSSR count). The summed E-state index contributed by atoms with van der Waals surface area (Å²) in [6.07, 6.45) is 3.90. The molecular formula is C7H14N2S. The van der Waals surface area contributed by atoms with Crippen LogP contribution in [-0.2, 0) is 0 Å². The van der Waals surface area contributed by atoms with Gasteiger partial charge in [-0.2, -0.15) is 0 Å². The van der Waals surface area contributed by atoms with E-state index in [9.17, 15) is 0 Å². The van der Waals surface area contributed by atoms with E-state index in [1.54, 1.807) is 0 Å². The Morgan fingerprint density at radius 2 is 2.30 bits per heavy atom. The van der Waals surface area contributed by atoms with Crippen LogP contribution < -0.4 is 11.1 Å². The van der Waals surface area contributed by atoms with Crippen molar-refractivity contribution in [3.8, 4) is 0 Å². The molecule has 0 aromatic carbocycles. The molecule has 0 heterocycles. The molecule has 0 spiro atoms. The average molecular weight is 158 g/mol. The van der Waals surface area contributed by atoms with Crippen LogP contribution in [0.3, 0.4) is 0 Å². The van der Waals surface area contributed by atoms with Gasteiger partial charge in [-0.05, 0) is 36.9 Å². The zero-order valence-electron chi connectivity index (χ0n) is 6.31. The maximum Gasteiger partial charge on any atom is 0.163 e. The maximum atomic E-state index is 5.30. The Bertz CT molecular complexity index is 141. The van der Waals surface area contributed by atoms with Crippen LogP contribution in [0.4, 0.5) is 0 Å². The minimum absolute atomic E-state index is 0.430. The standard InChI is InChI=1S/C7H14N2S/c1-2-7(3-4-7)5-9-6(8)10/h2-5H2,1H3,(H3,8,9,10). The van der Waals surface area contributed by atoms with Crippen molar-refractivity contribution in [2.75, 3.05) is 6.54 Å². The largest absolute Gasteiger partial charge is 0.376 e. The Kier molecular flexibility index (Phi) is 2.14. The SMILES string of the molecule is CCC1(CNC(N)=S)CC1. The zero-order valence-corrected chi connectivity index (χ0v) is 7.13. The molecule has 58 valence electrons. The zero-order chi connectivity index (χ0) is 7.61. The van der Waals surface area contributed by atoms with Gasteiger partial charge < -0.3 is 11.1 Å². The van der Waals surface area contributed by atoms with E-state index in [0.29, 0.717) is 10.5 Å². The van der Waals surface area contributed by atoms with E-state index in [1.165, 1.54) is 19.3 Å². The van der Waals surface area contributed by atoms with E-state index in [4.69, 9.17) is 18.0 Å². The number of nitrogens with two attached hydrogens (primary N) is 1. The Hall–Kier alpha value is -0.310. The molecule has 0 aliphatic heterocycles. The van der Waals surface area contributed by atoms with Crippen LogP contribution in [0.25, 0.3) is 0 Å². The predicted octanol–water partition coefficient (Wildman–Crippen LogP) is 1.01. The lowest BCUT2D eigenvalue weighted by molar-refractivity contribution is 0.482. The molecule has 2 nitrogen and oxygen atoms in total. The lowest BCUT2D eigenvalue weighted by Crippen LogP contribution is -2.33. The monoisotopic (exact) mass is 158 g/mol. The van der Waals surface area contributed by atoms with E-state index in [-0.39, 0.29) is 0 Å². The summed E-state index contributed by atoms with van der Waals surface area (Å²) in [5.41, 5.74) is 5.85. The fraction of sp³-hybridized carbons (Fsp3) is 0.857. The highest BCUT2D eigenvalue weighted by Gasteiger charge is 2.40. The second-order valence-electron chi connectivity index (χ2n) is 3.07. The number of hydrogen-bond donors (Lipinski definition) is 2. The van der Waals surface area contributed by atoms with Crippen LogP contribution in [0.2, 0.25) is 0 Å². The Labute approximate surface area is 67.2 Å². The third-order valence-electron chi connectivity index (χ3n) is 2.34. The molecule has 3 heteroatoms. The predicted molar refractivity (Wildman–Crippen MR) is 46.7 cm³/mol. The quantitative estimate of drug-likeness (QED) is 0.602. The van der Waals surface area contributed by atoms with Crippen LogP contribution in [0.1, 0.15) is 26.2 Å². The number of hydrogen-bond acceptors (Lipinski definition) is 1. The molecule has 0 bridgehead atoms. The minimum Gasteiger partial charge on any atom is -0.376 e. The molecule has 1 aliphatic rings. The molecular weight excluding hydrogens is 144 g/mol. The van der Waals surface area contributed by atoms with Crippen LogP contribution in [0, 0.1) is 5.41 Å². The van der Waals surface area contributed by atoms with Crippen LogP contribution in [0.15, 0.2) is 0 Å². The van der Waals surface area contributed by atoms with Crippen molar-refractivity contribution in [1.82, 2.24) is 5.32 Å². The first-order valence-corrected chi connectivity index (χ1v) is 4.13. The van der Waals surface area contributed by atoms with Crippen LogP contribution in [-0.4, -0.2) is 11.7 Å². The molecule has 0 unspecified atom stereocenters. The summed E-state index contributed by atoms with van der Waals surface area (Å²) in [5, 5.41) is 3.44. The molecule has 1 aliphatic carbocycles. The molecule has 0 aromatic heterocycles.